The molecule has 0 heterocycles. The molecule has 0 saturated heterocycles. The minimum atomic E-state index is 0.399. The third-order valence-corrected chi connectivity index (χ3v) is 3.36. The molecule has 2 nitrogen and oxygen atoms in total. The van der Waals surface area contributed by atoms with Crippen molar-refractivity contribution in [3.05, 3.63) is 0 Å². The van der Waals surface area contributed by atoms with Crippen LogP contribution in [0.25, 0.3) is 0 Å². The summed E-state index contributed by atoms with van der Waals surface area (Å²) in [7, 11) is 0. The summed E-state index contributed by atoms with van der Waals surface area (Å²) >= 11 is 0. The van der Waals surface area contributed by atoms with Crippen molar-refractivity contribution < 1.29 is 4.74 Å². The first-order valence-corrected chi connectivity index (χ1v) is 6.19. The highest BCUT2D eigenvalue weighted by atomic mass is 16.5. The van der Waals surface area contributed by atoms with E-state index in [-0.39, 0.29) is 0 Å². The maximum atomic E-state index is 5.76. The minimum Gasteiger partial charge on any atom is -0.377 e. The number of hydrogen-bond acceptors (Lipinski definition) is 2. The van der Waals surface area contributed by atoms with Crippen LogP contribution >= 0.6 is 0 Å². The Bertz CT molecular complexity index is 162. The Kier molecular flexibility index (Phi) is 3.82. The molecule has 0 spiro atoms. The van der Waals surface area contributed by atoms with Crippen molar-refractivity contribution in [2.24, 2.45) is 5.92 Å². The van der Waals surface area contributed by atoms with Gasteiger partial charge in [0.2, 0.25) is 0 Å². The predicted molar refractivity (Wildman–Crippen MR) is 58.4 cm³/mol. The molecule has 2 fully saturated rings. The SMILES string of the molecule is CC(CNC1CCCC1)OCC1CC1. The van der Waals surface area contributed by atoms with Gasteiger partial charge in [-0.2, -0.15) is 0 Å². The van der Waals surface area contributed by atoms with E-state index >= 15 is 0 Å². The Morgan fingerprint density at radius 1 is 1.21 bits per heavy atom. The van der Waals surface area contributed by atoms with Crippen LogP contribution in [0.15, 0.2) is 0 Å². The number of hydrogen-bond donors (Lipinski definition) is 1. The van der Waals surface area contributed by atoms with Crippen molar-refractivity contribution in [2.45, 2.75) is 57.6 Å². The van der Waals surface area contributed by atoms with Gasteiger partial charge >= 0.3 is 0 Å². The monoisotopic (exact) mass is 197 g/mol. The van der Waals surface area contributed by atoms with Crippen LogP contribution in [-0.4, -0.2) is 25.3 Å². The molecule has 0 amide bonds. The standard InChI is InChI=1S/C12H23NO/c1-10(14-9-11-6-7-11)8-13-12-4-2-3-5-12/h10-13H,2-9H2,1H3. The summed E-state index contributed by atoms with van der Waals surface area (Å²) in [5.41, 5.74) is 0. The summed E-state index contributed by atoms with van der Waals surface area (Å²) in [6.07, 6.45) is 8.75. The molecular weight excluding hydrogens is 174 g/mol. The fourth-order valence-corrected chi connectivity index (χ4v) is 2.11. The first-order chi connectivity index (χ1) is 6.84. The Hall–Kier alpha value is -0.0800. The van der Waals surface area contributed by atoms with E-state index in [1.807, 2.05) is 0 Å². The first-order valence-electron chi connectivity index (χ1n) is 6.19. The van der Waals surface area contributed by atoms with Gasteiger partial charge in [-0.05, 0) is 38.5 Å². The van der Waals surface area contributed by atoms with Crippen molar-refractivity contribution in [3.8, 4) is 0 Å². The largest absolute Gasteiger partial charge is 0.377 e. The molecule has 82 valence electrons. The fourth-order valence-electron chi connectivity index (χ4n) is 2.11. The smallest absolute Gasteiger partial charge is 0.0671 e. The second-order valence-electron chi connectivity index (χ2n) is 4.98. The molecule has 1 unspecified atom stereocenters. The zero-order valence-electron chi connectivity index (χ0n) is 9.30. The van der Waals surface area contributed by atoms with Gasteiger partial charge in [-0.15, -0.1) is 0 Å². The molecule has 0 aromatic heterocycles. The molecule has 0 aromatic rings. The van der Waals surface area contributed by atoms with E-state index in [4.69, 9.17) is 4.74 Å². The number of ether oxygens (including phenoxy) is 1. The van der Waals surface area contributed by atoms with Crippen LogP contribution in [0.5, 0.6) is 0 Å². The van der Waals surface area contributed by atoms with E-state index < -0.39 is 0 Å². The third kappa shape index (κ3) is 3.58. The summed E-state index contributed by atoms with van der Waals surface area (Å²) in [5.74, 6) is 0.893. The molecule has 2 saturated carbocycles. The fraction of sp³-hybridized carbons (Fsp3) is 1.00. The predicted octanol–water partition coefficient (Wildman–Crippen LogP) is 2.33. The highest BCUT2D eigenvalue weighted by Crippen LogP contribution is 2.29. The molecule has 0 aromatic carbocycles. The van der Waals surface area contributed by atoms with Gasteiger partial charge in [-0.3, -0.25) is 0 Å². The van der Waals surface area contributed by atoms with Crippen LogP contribution in [0, 0.1) is 5.92 Å². The maximum absolute atomic E-state index is 5.76. The molecule has 0 aliphatic heterocycles. The molecule has 0 bridgehead atoms. The van der Waals surface area contributed by atoms with E-state index in [0.29, 0.717) is 6.10 Å². The molecule has 2 rings (SSSR count). The zero-order chi connectivity index (χ0) is 9.80. The van der Waals surface area contributed by atoms with Crippen molar-refractivity contribution >= 4 is 0 Å². The molecule has 1 N–H and O–H groups in total. The minimum absolute atomic E-state index is 0.399. The molecule has 2 aliphatic carbocycles. The lowest BCUT2D eigenvalue weighted by molar-refractivity contribution is 0.0566. The van der Waals surface area contributed by atoms with E-state index in [2.05, 4.69) is 12.2 Å². The highest BCUT2D eigenvalue weighted by molar-refractivity contribution is 4.76. The third-order valence-electron chi connectivity index (χ3n) is 3.36. The molecule has 2 heteroatoms. The van der Waals surface area contributed by atoms with Gasteiger partial charge in [-0.25, -0.2) is 0 Å². The van der Waals surface area contributed by atoms with Crippen molar-refractivity contribution in [1.82, 2.24) is 5.32 Å². The highest BCUT2D eigenvalue weighted by Gasteiger charge is 2.22. The van der Waals surface area contributed by atoms with E-state index in [9.17, 15) is 0 Å². The van der Waals surface area contributed by atoms with Gasteiger partial charge in [0.15, 0.2) is 0 Å². The van der Waals surface area contributed by atoms with Gasteiger partial charge in [0, 0.05) is 19.2 Å². The quantitative estimate of drug-likeness (QED) is 0.705. The van der Waals surface area contributed by atoms with Crippen molar-refractivity contribution in [3.63, 3.8) is 0 Å². The lowest BCUT2D eigenvalue weighted by atomic mass is 10.2. The Morgan fingerprint density at radius 2 is 1.93 bits per heavy atom. The Labute approximate surface area is 87.4 Å². The van der Waals surface area contributed by atoms with E-state index in [1.54, 1.807) is 0 Å². The Balaban J connectivity index is 1.50. The maximum Gasteiger partial charge on any atom is 0.0671 e. The van der Waals surface area contributed by atoms with Crippen LogP contribution in [0.4, 0.5) is 0 Å². The van der Waals surface area contributed by atoms with Crippen LogP contribution in [-0.2, 0) is 4.74 Å². The summed E-state index contributed by atoms with van der Waals surface area (Å²) in [6.45, 7) is 4.22. The van der Waals surface area contributed by atoms with Gasteiger partial charge < -0.3 is 10.1 Å². The van der Waals surface area contributed by atoms with Gasteiger partial charge in [-0.1, -0.05) is 12.8 Å². The van der Waals surface area contributed by atoms with Crippen molar-refractivity contribution in [1.29, 1.82) is 0 Å². The Morgan fingerprint density at radius 3 is 2.57 bits per heavy atom. The molecule has 14 heavy (non-hydrogen) atoms. The molecule has 0 radical (unpaired) electrons. The average molecular weight is 197 g/mol. The van der Waals surface area contributed by atoms with Gasteiger partial charge in [0.05, 0.1) is 6.10 Å². The average Bonchev–Trinajstić information content (AvgIpc) is 2.87. The second-order valence-corrected chi connectivity index (χ2v) is 4.98. The lowest BCUT2D eigenvalue weighted by Gasteiger charge is -2.17. The number of nitrogens with one attached hydrogen (secondary N) is 1. The lowest BCUT2D eigenvalue weighted by Crippen LogP contribution is -2.34. The zero-order valence-corrected chi connectivity index (χ0v) is 9.30. The van der Waals surface area contributed by atoms with Crippen LogP contribution < -0.4 is 5.32 Å². The summed E-state index contributed by atoms with van der Waals surface area (Å²) < 4.78 is 5.76. The van der Waals surface area contributed by atoms with Crippen LogP contribution in [0.2, 0.25) is 0 Å². The second kappa shape index (κ2) is 5.13. The molecule has 2 aliphatic rings. The van der Waals surface area contributed by atoms with E-state index in [0.717, 1.165) is 25.1 Å². The topological polar surface area (TPSA) is 21.3 Å². The van der Waals surface area contributed by atoms with Gasteiger partial charge in [0.25, 0.3) is 0 Å². The summed E-state index contributed by atoms with van der Waals surface area (Å²) in [6, 6.07) is 0.780. The summed E-state index contributed by atoms with van der Waals surface area (Å²) in [5, 5.41) is 3.60. The molecule has 1 atom stereocenters. The molecular formula is C12H23NO. The van der Waals surface area contributed by atoms with E-state index in [1.165, 1.54) is 38.5 Å². The van der Waals surface area contributed by atoms with Crippen molar-refractivity contribution in [2.75, 3.05) is 13.2 Å². The van der Waals surface area contributed by atoms with Crippen LogP contribution in [0.3, 0.4) is 0 Å². The normalized spacial score (nSPS) is 25.5. The van der Waals surface area contributed by atoms with Gasteiger partial charge in [0.1, 0.15) is 0 Å². The summed E-state index contributed by atoms with van der Waals surface area (Å²) in [4.78, 5) is 0. The van der Waals surface area contributed by atoms with Crippen LogP contribution in [0.1, 0.15) is 45.4 Å². The number of rotatable bonds is 6. The first kappa shape index (κ1) is 10.4.